The molecule has 0 unspecified atom stereocenters. The van der Waals surface area contributed by atoms with Crippen LogP contribution < -0.4 is 4.72 Å². The predicted octanol–water partition coefficient (Wildman–Crippen LogP) is 2.75. The summed E-state index contributed by atoms with van der Waals surface area (Å²) >= 11 is 5.93. The summed E-state index contributed by atoms with van der Waals surface area (Å²) in [6, 6.07) is 0. The van der Waals surface area contributed by atoms with Crippen LogP contribution in [0.1, 0.15) is 47.5 Å². The molecule has 0 heterocycles. The molecule has 0 spiro atoms. The zero-order valence-corrected chi connectivity index (χ0v) is 12.5. The number of rotatable bonds is 6. The third-order valence-corrected chi connectivity index (χ3v) is 5.93. The maximum absolute atomic E-state index is 11.9. The van der Waals surface area contributed by atoms with Gasteiger partial charge in [0, 0.05) is 12.4 Å². The molecule has 0 aliphatic heterocycles. The lowest BCUT2D eigenvalue weighted by molar-refractivity contribution is 0.303. The van der Waals surface area contributed by atoms with Crippen molar-refractivity contribution in [1.29, 1.82) is 0 Å². The van der Waals surface area contributed by atoms with Crippen molar-refractivity contribution < 1.29 is 8.42 Å². The number of halogens is 1. The highest BCUT2D eigenvalue weighted by Crippen LogP contribution is 2.28. The zero-order chi connectivity index (χ0) is 13.0. The SMILES string of the molecule is CCC(CC)(CCl)CNS(=O)(=O)C(C)(C)C. The predicted molar refractivity (Wildman–Crippen MR) is 70.4 cm³/mol. The first-order chi connectivity index (χ1) is 7.14. The number of sulfonamides is 1. The van der Waals surface area contributed by atoms with Gasteiger partial charge in [-0.1, -0.05) is 13.8 Å². The van der Waals surface area contributed by atoms with Gasteiger partial charge in [0.05, 0.1) is 4.75 Å². The second-order valence-electron chi connectivity index (χ2n) is 5.28. The molecule has 0 aliphatic rings. The molecule has 0 aromatic carbocycles. The van der Waals surface area contributed by atoms with E-state index in [0.717, 1.165) is 12.8 Å². The average Bonchev–Trinajstić information content (AvgIpc) is 2.19. The van der Waals surface area contributed by atoms with Crippen molar-refractivity contribution in [2.75, 3.05) is 12.4 Å². The van der Waals surface area contributed by atoms with Crippen LogP contribution in [0.25, 0.3) is 0 Å². The smallest absolute Gasteiger partial charge is 0.214 e. The van der Waals surface area contributed by atoms with Gasteiger partial charge in [-0.05, 0) is 39.0 Å². The standard InChI is InChI=1S/C11H24ClNO2S/c1-6-11(7-2,8-12)9-13-16(14,15)10(3,4)5/h13H,6-9H2,1-5H3. The van der Waals surface area contributed by atoms with E-state index in [2.05, 4.69) is 4.72 Å². The second-order valence-corrected chi connectivity index (χ2v) is 8.07. The Morgan fingerprint density at radius 2 is 1.56 bits per heavy atom. The molecule has 0 atom stereocenters. The molecule has 5 heteroatoms. The number of nitrogens with one attached hydrogen (secondary N) is 1. The van der Waals surface area contributed by atoms with E-state index >= 15 is 0 Å². The molecule has 0 aromatic heterocycles. The van der Waals surface area contributed by atoms with Crippen molar-refractivity contribution in [3.05, 3.63) is 0 Å². The highest BCUT2D eigenvalue weighted by atomic mass is 35.5. The molecule has 0 aliphatic carbocycles. The minimum atomic E-state index is -3.27. The Bertz CT molecular complexity index is 294. The maximum Gasteiger partial charge on any atom is 0.216 e. The topological polar surface area (TPSA) is 46.2 Å². The van der Waals surface area contributed by atoms with Gasteiger partial charge in [0.1, 0.15) is 0 Å². The largest absolute Gasteiger partial charge is 0.216 e. The fourth-order valence-corrected chi connectivity index (χ4v) is 2.60. The van der Waals surface area contributed by atoms with Crippen LogP contribution in [0.5, 0.6) is 0 Å². The van der Waals surface area contributed by atoms with Crippen LogP contribution in [0.15, 0.2) is 0 Å². The Balaban J connectivity index is 4.68. The van der Waals surface area contributed by atoms with Crippen LogP contribution in [0.2, 0.25) is 0 Å². The molecule has 0 saturated carbocycles. The van der Waals surface area contributed by atoms with E-state index in [0.29, 0.717) is 12.4 Å². The van der Waals surface area contributed by atoms with Gasteiger partial charge in [-0.15, -0.1) is 11.6 Å². The van der Waals surface area contributed by atoms with E-state index in [1.54, 1.807) is 20.8 Å². The van der Waals surface area contributed by atoms with E-state index in [4.69, 9.17) is 11.6 Å². The third kappa shape index (κ3) is 3.90. The lowest BCUT2D eigenvalue weighted by atomic mass is 9.85. The Labute approximate surface area is 105 Å². The third-order valence-electron chi connectivity index (χ3n) is 3.23. The summed E-state index contributed by atoms with van der Waals surface area (Å²) in [4.78, 5) is 0. The van der Waals surface area contributed by atoms with Crippen LogP contribution in [-0.4, -0.2) is 25.6 Å². The Morgan fingerprint density at radius 3 is 1.81 bits per heavy atom. The van der Waals surface area contributed by atoms with Gasteiger partial charge in [0.25, 0.3) is 0 Å². The quantitative estimate of drug-likeness (QED) is 0.754. The summed E-state index contributed by atoms with van der Waals surface area (Å²) in [5, 5.41) is 0. The molecular weight excluding hydrogens is 246 g/mol. The highest BCUT2D eigenvalue weighted by Gasteiger charge is 2.32. The van der Waals surface area contributed by atoms with E-state index in [1.807, 2.05) is 13.8 Å². The Morgan fingerprint density at radius 1 is 1.12 bits per heavy atom. The first-order valence-corrected chi connectivity index (χ1v) is 7.71. The molecule has 16 heavy (non-hydrogen) atoms. The van der Waals surface area contributed by atoms with E-state index < -0.39 is 14.8 Å². The van der Waals surface area contributed by atoms with Crippen molar-refractivity contribution in [2.45, 2.75) is 52.2 Å². The van der Waals surface area contributed by atoms with E-state index in [9.17, 15) is 8.42 Å². The van der Waals surface area contributed by atoms with Gasteiger partial charge in [-0.3, -0.25) is 0 Å². The highest BCUT2D eigenvalue weighted by molar-refractivity contribution is 7.90. The van der Waals surface area contributed by atoms with Gasteiger partial charge in [-0.25, -0.2) is 13.1 Å². The summed E-state index contributed by atoms with van der Waals surface area (Å²) in [7, 11) is -3.27. The molecule has 0 bridgehead atoms. The molecule has 0 saturated heterocycles. The average molecular weight is 270 g/mol. The fraction of sp³-hybridized carbons (Fsp3) is 1.00. The lowest BCUT2D eigenvalue weighted by Gasteiger charge is -2.31. The molecule has 0 rings (SSSR count). The summed E-state index contributed by atoms with van der Waals surface area (Å²) in [5.74, 6) is 0.479. The summed E-state index contributed by atoms with van der Waals surface area (Å²) in [6.45, 7) is 9.57. The van der Waals surface area contributed by atoms with Crippen LogP contribution in [0.3, 0.4) is 0 Å². The van der Waals surface area contributed by atoms with Crippen LogP contribution >= 0.6 is 11.6 Å². The van der Waals surface area contributed by atoms with Gasteiger partial charge < -0.3 is 0 Å². The zero-order valence-electron chi connectivity index (χ0n) is 10.9. The summed E-state index contributed by atoms with van der Waals surface area (Å²) in [6.07, 6.45) is 1.75. The first kappa shape index (κ1) is 16.2. The minimum Gasteiger partial charge on any atom is -0.214 e. The molecule has 0 fully saturated rings. The molecule has 98 valence electrons. The fourth-order valence-electron chi connectivity index (χ4n) is 1.20. The summed E-state index contributed by atoms with van der Waals surface area (Å²) < 4.78 is 25.7. The van der Waals surface area contributed by atoms with E-state index in [1.165, 1.54) is 0 Å². The van der Waals surface area contributed by atoms with E-state index in [-0.39, 0.29) is 5.41 Å². The van der Waals surface area contributed by atoms with Crippen LogP contribution in [0, 0.1) is 5.41 Å². The number of alkyl halides is 1. The molecule has 3 nitrogen and oxygen atoms in total. The summed E-state index contributed by atoms with van der Waals surface area (Å²) in [5.41, 5.74) is -0.125. The number of hydrogen-bond donors (Lipinski definition) is 1. The normalized spacial score (nSPS) is 14.1. The monoisotopic (exact) mass is 269 g/mol. The van der Waals surface area contributed by atoms with Crippen molar-refractivity contribution >= 4 is 21.6 Å². The van der Waals surface area contributed by atoms with Crippen molar-refractivity contribution in [2.24, 2.45) is 5.41 Å². The van der Waals surface area contributed by atoms with Crippen molar-refractivity contribution in [3.8, 4) is 0 Å². The molecule has 1 N–H and O–H groups in total. The van der Waals surface area contributed by atoms with Crippen LogP contribution in [0.4, 0.5) is 0 Å². The Hall–Kier alpha value is 0.200. The molecule has 0 radical (unpaired) electrons. The number of hydrogen-bond acceptors (Lipinski definition) is 2. The van der Waals surface area contributed by atoms with Gasteiger partial charge in [-0.2, -0.15) is 0 Å². The van der Waals surface area contributed by atoms with Gasteiger partial charge in [0.2, 0.25) is 10.0 Å². The maximum atomic E-state index is 11.9. The molecule has 0 aromatic rings. The molecular formula is C11H24ClNO2S. The minimum absolute atomic E-state index is 0.125. The van der Waals surface area contributed by atoms with Crippen molar-refractivity contribution in [1.82, 2.24) is 4.72 Å². The van der Waals surface area contributed by atoms with Crippen molar-refractivity contribution in [3.63, 3.8) is 0 Å². The van der Waals surface area contributed by atoms with Gasteiger partial charge >= 0.3 is 0 Å². The Kier molecular flexibility index (Phi) is 5.77. The molecule has 0 amide bonds. The van der Waals surface area contributed by atoms with Crippen LogP contribution in [-0.2, 0) is 10.0 Å². The second kappa shape index (κ2) is 5.69. The first-order valence-electron chi connectivity index (χ1n) is 5.69. The van der Waals surface area contributed by atoms with Gasteiger partial charge in [0.15, 0.2) is 0 Å². The lowest BCUT2D eigenvalue weighted by Crippen LogP contribution is -2.45.